The highest BCUT2D eigenvalue weighted by atomic mass is 16.5. The Balaban J connectivity index is 1.60. The van der Waals surface area contributed by atoms with E-state index in [1.54, 1.807) is 42.7 Å². The summed E-state index contributed by atoms with van der Waals surface area (Å²) in [6.07, 6.45) is 3.69. The normalized spacial score (nSPS) is 10.3. The molecule has 8 heteroatoms. The van der Waals surface area contributed by atoms with Gasteiger partial charge in [-0.25, -0.2) is 4.79 Å². The fourth-order valence-electron chi connectivity index (χ4n) is 2.28. The summed E-state index contributed by atoms with van der Waals surface area (Å²) in [6, 6.07) is 10.2. The Labute approximate surface area is 149 Å². The monoisotopic (exact) mass is 352 g/mol. The van der Waals surface area contributed by atoms with Gasteiger partial charge in [-0.3, -0.25) is 9.78 Å². The molecule has 2 heterocycles. The van der Waals surface area contributed by atoms with Crippen LogP contribution >= 0.6 is 0 Å². The largest absolute Gasteiger partial charge is 0.465 e. The number of anilines is 1. The second-order valence-electron chi connectivity index (χ2n) is 5.34. The Morgan fingerprint density at radius 2 is 2.04 bits per heavy atom. The molecule has 0 aliphatic carbocycles. The number of ether oxygens (including phenoxy) is 1. The Morgan fingerprint density at radius 1 is 1.19 bits per heavy atom. The quantitative estimate of drug-likeness (QED) is 0.679. The van der Waals surface area contributed by atoms with Crippen LogP contribution in [0.15, 0.2) is 53.3 Å². The van der Waals surface area contributed by atoms with Crippen molar-refractivity contribution in [2.45, 2.75) is 12.8 Å². The van der Waals surface area contributed by atoms with E-state index in [1.807, 2.05) is 6.07 Å². The van der Waals surface area contributed by atoms with E-state index in [9.17, 15) is 9.59 Å². The Morgan fingerprint density at radius 3 is 2.81 bits per heavy atom. The van der Waals surface area contributed by atoms with Crippen molar-refractivity contribution < 1.29 is 18.8 Å². The van der Waals surface area contributed by atoms with E-state index >= 15 is 0 Å². The van der Waals surface area contributed by atoms with Crippen molar-refractivity contribution in [1.82, 2.24) is 15.1 Å². The lowest BCUT2D eigenvalue weighted by Gasteiger charge is -2.08. The lowest BCUT2D eigenvalue weighted by Crippen LogP contribution is -2.15. The van der Waals surface area contributed by atoms with Crippen LogP contribution in [-0.2, 0) is 16.0 Å². The van der Waals surface area contributed by atoms with E-state index in [4.69, 9.17) is 9.26 Å². The number of carbonyl (C=O) groups is 2. The zero-order valence-electron chi connectivity index (χ0n) is 14.0. The van der Waals surface area contributed by atoms with Crippen molar-refractivity contribution in [2.24, 2.45) is 0 Å². The molecule has 2 aromatic heterocycles. The van der Waals surface area contributed by atoms with Crippen LogP contribution in [0.1, 0.15) is 22.7 Å². The number of nitrogens with one attached hydrogen (secondary N) is 1. The average Bonchev–Trinajstić information content (AvgIpc) is 3.16. The van der Waals surface area contributed by atoms with Crippen molar-refractivity contribution >= 4 is 17.6 Å². The number of rotatable bonds is 6. The molecule has 0 saturated heterocycles. The van der Waals surface area contributed by atoms with E-state index in [1.165, 1.54) is 7.11 Å². The van der Waals surface area contributed by atoms with Crippen molar-refractivity contribution in [2.75, 3.05) is 12.4 Å². The highest BCUT2D eigenvalue weighted by Crippen LogP contribution is 2.17. The zero-order valence-corrected chi connectivity index (χ0v) is 14.0. The fourth-order valence-corrected chi connectivity index (χ4v) is 2.28. The number of aromatic nitrogens is 3. The summed E-state index contributed by atoms with van der Waals surface area (Å²) in [5.41, 5.74) is 1.42. The lowest BCUT2D eigenvalue weighted by atomic mass is 10.1. The second kappa shape index (κ2) is 8.02. The van der Waals surface area contributed by atoms with Crippen LogP contribution in [0.3, 0.4) is 0 Å². The van der Waals surface area contributed by atoms with Crippen molar-refractivity contribution in [1.29, 1.82) is 0 Å². The number of pyridine rings is 1. The third-order valence-corrected chi connectivity index (χ3v) is 3.56. The maximum absolute atomic E-state index is 12.2. The predicted octanol–water partition coefficient (Wildman–Crippen LogP) is 2.49. The fraction of sp³-hybridized carbons (Fsp3) is 0.167. The van der Waals surface area contributed by atoms with Crippen LogP contribution in [0.4, 0.5) is 5.69 Å². The molecule has 26 heavy (non-hydrogen) atoms. The maximum Gasteiger partial charge on any atom is 0.339 e. The number of hydrogen-bond acceptors (Lipinski definition) is 7. The first-order valence-corrected chi connectivity index (χ1v) is 7.87. The summed E-state index contributed by atoms with van der Waals surface area (Å²) >= 11 is 0. The Bertz CT molecular complexity index is 908. The van der Waals surface area contributed by atoms with Crippen molar-refractivity contribution in [3.63, 3.8) is 0 Å². The molecule has 0 bridgehead atoms. The molecule has 1 aromatic carbocycles. The number of methoxy groups -OCH3 is 1. The van der Waals surface area contributed by atoms with E-state index < -0.39 is 5.97 Å². The number of carbonyl (C=O) groups excluding carboxylic acids is 2. The number of amides is 1. The SMILES string of the molecule is COC(=O)c1ccccc1NC(=O)CCc1nc(-c2cccnc2)no1. The number of nitrogens with zero attached hydrogens (tertiary/aromatic N) is 3. The zero-order chi connectivity index (χ0) is 18.4. The number of benzene rings is 1. The van der Waals surface area contributed by atoms with Gasteiger partial charge in [-0.1, -0.05) is 17.3 Å². The van der Waals surface area contributed by atoms with E-state index in [-0.39, 0.29) is 18.7 Å². The van der Waals surface area contributed by atoms with Gasteiger partial charge in [0.1, 0.15) is 0 Å². The van der Waals surface area contributed by atoms with Gasteiger partial charge in [0.05, 0.1) is 18.4 Å². The number of aryl methyl sites for hydroxylation is 1. The smallest absolute Gasteiger partial charge is 0.339 e. The molecule has 1 amide bonds. The van der Waals surface area contributed by atoms with E-state index in [0.29, 0.717) is 23.0 Å². The van der Waals surface area contributed by atoms with Crippen LogP contribution in [-0.4, -0.2) is 34.1 Å². The molecule has 3 aromatic rings. The van der Waals surface area contributed by atoms with Gasteiger partial charge in [-0.05, 0) is 24.3 Å². The van der Waals surface area contributed by atoms with Crippen LogP contribution in [0, 0.1) is 0 Å². The van der Waals surface area contributed by atoms with Crippen LogP contribution in [0.5, 0.6) is 0 Å². The number of esters is 1. The minimum absolute atomic E-state index is 0.129. The van der Waals surface area contributed by atoms with Gasteiger partial charge in [0.15, 0.2) is 0 Å². The maximum atomic E-state index is 12.2. The molecule has 0 radical (unpaired) electrons. The summed E-state index contributed by atoms with van der Waals surface area (Å²) in [5.74, 6) is -0.0220. The average molecular weight is 352 g/mol. The molecule has 132 valence electrons. The molecule has 0 fully saturated rings. The molecule has 8 nitrogen and oxygen atoms in total. The van der Waals surface area contributed by atoms with Crippen LogP contribution in [0.2, 0.25) is 0 Å². The van der Waals surface area contributed by atoms with Crippen LogP contribution in [0.25, 0.3) is 11.4 Å². The summed E-state index contributed by atoms with van der Waals surface area (Å²) in [6.45, 7) is 0. The first-order chi connectivity index (χ1) is 12.7. The molecule has 0 aliphatic rings. The molecule has 0 aliphatic heterocycles. The minimum atomic E-state index is -0.515. The third kappa shape index (κ3) is 4.10. The van der Waals surface area contributed by atoms with Gasteiger partial charge < -0.3 is 14.6 Å². The minimum Gasteiger partial charge on any atom is -0.465 e. The lowest BCUT2D eigenvalue weighted by molar-refractivity contribution is -0.116. The predicted molar refractivity (Wildman–Crippen MR) is 92.3 cm³/mol. The molecule has 3 rings (SSSR count). The highest BCUT2D eigenvalue weighted by molar-refractivity contribution is 6.01. The summed E-state index contributed by atoms with van der Waals surface area (Å²) < 4.78 is 9.86. The first kappa shape index (κ1) is 17.3. The Kier molecular flexibility index (Phi) is 5.33. The molecule has 0 spiro atoms. The highest BCUT2D eigenvalue weighted by Gasteiger charge is 2.15. The third-order valence-electron chi connectivity index (χ3n) is 3.56. The van der Waals surface area contributed by atoms with Gasteiger partial charge in [-0.15, -0.1) is 0 Å². The van der Waals surface area contributed by atoms with E-state index in [0.717, 1.165) is 5.56 Å². The molecule has 0 saturated carbocycles. The van der Waals surface area contributed by atoms with Crippen molar-refractivity contribution in [3.05, 3.63) is 60.2 Å². The second-order valence-corrected chi connectivity index (χ2v) is 5.34. The molecule has 0 atom stereocenters. The van der Waals surface area contributed by atoms with Crippen molar-refractivity contribution in [3.8, 4) is 11.4 Å². The molecule has 1 N–H and O–H groups in total. The summed E-state index contributed by atoms with van der Waals surface area (Å²) in [5, 5.41) is 6.57. The number of para-hydroxylation sites is 1. The topological polar surface area (TPSA) is 107 Å². The van der Waals surface area contributed by atoms with Gasteiger partial charge >= 0.3 is 5.97 Å². The molecule has 0 unspecified atom stereocenters. The Hall–Kier alpha value is -3.55. The molecular weight excluding hydrogens is 336 g/mol. The summed E-state index contributed by atoms with van der Waals surface area (Å²) in [7, 11) is 1.29. The van der Waals surface area contributed by atoms with Gasteiger partial charge in [0, 0.05) is 30.8 Å². The van der Waals surface area contributed by atoms with Gasteiger partial charge in [0.2, 0.25) is 17.6 Å². The molecular formula is C18H16N4O4. The first-order valence-electron chi connectivity index (χ1n) is 7.87. The number of hydrogen-bond donors (Lipinski definition) is 1. The van der Waals surface area contributed by atoms with Gasteiger partial charge in [0.25, 0.3) is 0 Å². The van der Waals surface area contributed by atoms with Crippen LogP contribution < -0.4 is 5.32 Å². The summed E-state index contributed by atoms with van der Waals surface area (Å²) in [4.78, 5) is 32.1. The standard InChI is InChI=1S/C18H16N4O4/c1-25-18(24)13-6-2-3-7-14(13)20-15(23)8-9-16-21-17(22-26-16)12-5-4-10-19-11-12/h2-7,10-11H,8-9H2,1H3,(H,20,23). The van der Waals surface area contributed by atoms with Gasteiger partial charge in [-0.2, -0.15) is 4.98 Å². The van der Waals surface area contributed by atoms with E-state index in [2.05, 4.69) is 20.4 Å².